The number of para-hydroxylation sites is 1. The summed E-state index contributed by atoms with van der Waals surface area (Å²) in [4.78, 5) is 27.7. The molecule has 0 saturated carbocycles. The van der Waals surface area contributed by atoms with Gasteiger partial charge < -0.3 is 14.7 Å². The van der Waals surface area contributed by atoms with Gasteiger partial charge in [0.05, 0.1) is 11.1 Å². The Morgan fingerprint density at radius 2 is 1.86 bits per heavy atom. The second-order valence-electron chi connectivity index (χ2n) is 8.71. The molecule has 0 unspecified atom stereocenters. The molecule has 2 aliphatic rings. The first-order chi connectivity index (χ1) is 16.9. The minimum absolute atomic E-state index is 0.0575. The van der Waals surface area contributed by atoms with Crippen molar-refractivity contribution in [2.75, 3.05) is 18.3 Å². The van der Waals surface area contributed by atoms with Crippen molar-refractivity contribution >= 4 is 17.5 Å². The third-order valence-corrected chi connectivity index (χ3v) is 6.96. The number of fused-ring (bicyclic) bond motifs is 5. The molecule has 3 aromatic rings. The summed E-state index contributed by atoms with van der Waals surface area (Å²) in [7, 11) is 0. The minimum atomic E-state index is -0.599. The lowest BCUT2D eigenvalue weighted by atomic mass is 9.93. The smallest absolute Gasteiger partial charge is 0.278 e. The number of carbonyl (C=O) groups excluding carboxylic acids is 1. The number of hydrogen-bond donors (Lipinski definition) is 1. The van der Waals surface area contributed by atoms with Crippen LogP contribution in [0, 0.1) is 6.92 Å². The van der Waals surface area contributed by atoms with Gasteiger partial charge >= 0.3 is 0 Å². The van der Waals surface area contributed by atoms with Gasteiger partial charge in [0.1, 0.15) is 25.1 Å². The van der Waals surface area contributed by atoms with Crippen LogP contribution in [0.3, 0.4) is 0 Å². The molecule has 2 aliphatic heterocycles. The number of ether oxygens (including phenoxy) is 1. The number of aromatic hydroxyl groups is 1. The molecule has 1 aromatic heterocycles. The fourth-order valence-corrected chi connectivity index (χ4v) is 5.13. The molecule has 0 aliphatic carbocycles. The summed E-state index contributed by atoms with van der Waals surface area (Å²) in [6, 6.07) is 14.2. The van der Waals surface area contributed by atoms with E-state index in [0.717, 1.165) is 16.7 Å². The van der Waals surface area contributed by atoms with Gasteiger partial charge in [0.15, 0.2) is 11.4 Å². The summed E-state index contributed by atoms with van der Waals surface area (Å²) in [6.07, 6.45) is 5.99. The molecule has 0 spiro atoms. The summed E-state index contributed by atoms with van der Waals surface area (Å²) in [5, 5.41) is 13.2. The van der Waals surface area contributed by atoms with Gasteiger partial charge in [-0.05, 0) is 36.6 Å². The van der Waals surface area contributed by atoms with Crippen LogP contribution in [0.4, 0.5) is 0 Å². The Labute approximate surface area is 208 Å². The summed E-state index contributed by atoms with van der Waals surface area (Å²) in [5.41, 5.74) is 2.18. The molecule has 2 atom stereocenters. The molecule has 8 heteroatoms. The highest BCUT2D eigenvalue weighted by Gasteiger charge is 2.39. The van der Waals surface area contributed by atoms with Crippen molar-refractivity contribution in [3.63, 3.8) is 0 Å². The van der Waals surface area contributed by atoms with E-state index in [4.69, 9.17) is 16.3 Å². The third kappa shape index (κ3) is 3.86. The van der Waals surface area contributed by atoms with Crippen molar-refractivity contribution in [1.29, 1.82) is 0 Å². The maximum Gasteiger partial charge on any atom is 0.278 e. The highest BCUT2D eigenvalue weighted by Crippen LogP contribution is 2.41. The molecule has 0 fully saturated rings. The van der Waals surface area contributed by atoms with E-state index < -0.39 is 23.1 Å². The van der Waals surface area contributed by atoms with Gasteiger partial charge in [-0.1, -0.05) is 61.0 Å². The second kappa shape index (κ2) is 9.15. The maximum atomic E-state index is 13.6. The zero-order chi connectivity index (χ0) is 24.7. The lowest BCUT2D eigenvalue weighted by Crippen LogP contribution is -2.57. The van der Waals surface area contributed by atoms with Crippen LogP contribution >= 0.6 is 11.6 Å². The van der Waals surface area contributed by atoms with E-state index in [1.54, 1.807) is 21.8 Å². The van der Waals surface area contributed by atoms with E-state index in [2.05, 4.69) is 0 Å². The number of halogens is 1. The number of rotatable bonds is 2. The van der Waals surface area contributed by atoms with Crippen molar-refractivity contribution in [1.82, 2.24) is 9.58 Å². The van der Waals surface area contributed by atoms with Crippen LogP contribution in [-0.2, 0) is 0 Å². The Bertz CT molecular complexity index is 1380. The van der Waals surface area contributed by atoms with Crippen LogP contribution in [-0.4, -0.2) is 39.9 Å². The number of nitrogens with zero attached hydrogens (tertiary/aromatic N) is 3. The number of aryl methyl sites for hydroxylation is 1. The van der Waals surface area contributed by atoms with E-state index in [9.17, 15) is 14.7 Å². The number of benzene rings is 2. The Kier molecular flexibility index (Phi) is 6.03. The summed E-state index contributed by atoms with van der Waals surface area (Å²) in [6.45, 7) is 4.52. The van der Waals surface area contributed by atoms with Crippen LogP contribution in [0.2, 0.25) is 5.02 Å². The van der Waals surface area contributed by atoms with Crippen molar-refractivity contribution in [3.05, 3.63) is 105 Å². The van der Waals surface area contributed by atoms with E-state index in [-0.39, 0.29) is 25.0 Å². The average molecular weight is 492 g/mol. The van der Waals surface area contributed by atoms with Gasteiger partial charge in [0.2, 0.25) is 5.43 Å². The van der Waals surface area contributed by atoms with Crippen LogP contribution in [0.15, 0.2) is 71.7 Å². The standard InChI is InChI=1S/C27H26ClN3O4/c1-3-18-9-7-15-35-26-20(11-6-12-21(26)28)23(19-10-5-4-8-17(19)2)31-16-29(18)27(34)24-25(33)22(32)13-14-30(24)31/h4-14,18,23,33H,3,15-16H2,1-2H3/b9-7+/t18-,23-/m0/s1. The SMILES string of the molecule is CC[C@H]1/C=C/COc2c(Cl)cccc2[C@H](c2ccccc2C)N2CN1C(=O)c1c(O)c(=O)ccn12. The number of amides is 1. The topological polar surface area (TPSA) is 75.0 Å². The number of carbonyl (C=O) groups is 1. The van der Waals surface area contributed by atoms with Crippen molar-refractivity contribution in [3.8, 4) is 11.5 Å². The quantitative estimate of drug-likeness (QED) is 0.538. The van der Waals surface area contributed by atoms with Crippen LogP contribution in [0.1, 0.15) is 46.6 Å². The van der Waals surface area contributed by atoms with Crippen molar-refractivity contribution < 1.29 is 14.6 Å². The second-order valence-corrected chi connectivity index (χ2v) is 9.12. The zero-order valence-electron chi connectivity index (χ0n) is 19.5. The average Bonchev–Trinajstić information content (AvgIpc) is 2.87. The monoisotopic (exact) mass is 491 g/mol. The van der Waals surface area contributed by atoms with E-state index >= 15 is 0 Å². The molecular weight excluding hydrogens is 466 g/mol. The van der Waals surface area contributed by atoms with E-state index in [1.807, 2.05) is 67.4 Å². The van der Waals surface area contributed by atoms with E-state index in [1.165, 1.54) is 6.07 Å². The molecule has 35 heavy (non-hydrogen) atoms. The molecular formula is C27H26ClN3O4. The van der Waals surface area contributed by atoms with Crippen molar-refractivity contribution in [2.45, 2.75) is 32.4 Å². The third-order valence-electron chi connectivity index (χ3n) is 6.67. The summed E-state index contributed by atoms with van der Waals surface area (Å²) in [5.74, 6) is -0.410. The Morgan fingerprint density at radius 1 is 1.09 bits per heavy atom. The van der Waals surface area contributed by atoms with E-state index in [0.29, 0.717) is 17.2 Å². The number of pyridine rings is 1. The maximum absolute atomic E-state index is 13.6. The highest BCUT2D eigenvalue weighted by atomic mass is 35.5. The minimum Gasteiger partial charge on any atom is -0.502 e. The van der Waals surface area contributed by atoms with Crippen LogP contribution < -0.4 is 15.2 Å². The van der Waals surface area contributed by atoms with Crippen LogP contribution in [0.25, 0.3) is 0 Å². The Balaban J connectivity index is 1.86. The number of hydrogen-bond acceptors (Lipinski definition) is 5. The van der Waals surface area contributed by atoms with Gasteiger partial charge in [-0.3, -0.25) is 19.3 Å². The Hall–Kier alpha value is -3.71. The normalized spacial score (nSPS) is 20.4. The first-order valence-corrected chi connectivity index (χ1v) is 12.0. The van der Waals surface area contributed by atoms with Crippen molar-refractivity contribution in [2.24, 2.45) is 0 Å². The highest BCUT2D eigenvalue weighted by molar-refractivity contribution is 6.32. The zero-order valence-corrected chi connectivity index (χ0v) is 20.3. The largest absolute Gasteiger partial charge is 0.502 e. The molecule has 0 saturated heterocycles. The molecule has 1 amide bonds. The lowest BCUT2D eigenvalue weighted by Gasteiger charge is -2.46. The van der Waals surface area contributed by atoms with Gasteiger partial charge in [0.25, 0.3) is 5.91 Å². The van der Waals surface area contributed by atoms with Gasteiger partial charge in [0, 0.05) is 17.8 Å². The number of aromatic nitrogens is 1. The first kappa shape index (κ1) is 23.1. The molecule has 3 heterocycles. The molecule has 5 rings (SSSR count). The first-order valence-electron chi connectivity index (χ1n) is 11.6. The fourth-order valence-electron chi connectivity index (χ4n) is 4.90. The van der Waals surface area contributed by atoms with Gasteiger partial charge in [-0.25, -0.2) is 0 Å². The predicted molar refractivity (Wildman–Crippen MR) is 135 cm³/mol. The predicted octanol–water partition coefficient (Wildman–Crippen LogP) is 4.38. The summed E-state index contributed by atoms with van der Waals surface area (Å²) >= 11 is 6.63. The lowest BCUT2D eigenvalue weighted by molar-refractivity contribution is 0.0626. The molecule has 2 aromatic carbocycles. The van der Waals surface area contributed by atoms with Gasteiger partial charge in [-0.15, -0.1) is 0 Å². The Morgan fingerprint density at radius 3 is 2.63 bits per heavy atom. The fraction of sp³-hybridized carbons (Fsp3) is 0.259. The summed E-state index contributed by atoms with van der Waals surface area (Å²) < 4.78 is 7.77. The van der Waals surface area contributed by atoms with Crippen LogP contribution in [0.5, 0.6) is 11.5 Å². The van der Waals surface area contributed by atoms with Gasteiger partial charge in [-0.2, -0.15) is 0 Å². The molecule has 7 nitrogen and oxygen atoms in total. The molecule has 0 radical (unpaired) electrons. The molecule has 180 valence electrons. The molecule has 2 bridgehead atoms. The molecule has 1 N–H and O–H groups in total.